The Morgan fingerprint density at radius 1 is 1.19 bits per heavy atom. The molecule has 174 valence electrons. The quantitative estimate of drug-likeness (QED) is 0.624. The van der Waals surface area contributed by atoms with Crippen LogP contribution >= 0.6 is 0 Å². The number of methoxy groups -OCH3 is 1. The molecule has 1 aliphatic carbocycles. The van der Waals surface area contributed by atoms with Gasteiger partial charge in [-0.1, -0.05) is 30.3 Å². The number of hydrogen-bond acceptors (Lipinski definition) is 6. The van der Waals surface area contributed by atoms with Crippen LogP contribution in [0.1, 0.15) is 50.0 Å². The number of carbonyl (C=O) groups excluding carboxylic acids is 1. The molecule has 3 unspecified atom stereocenters. The summed E-state index contributed by atoms with van der Waals surface area (Å²) in [6, 6.07) is 9.23. The van der Waals surface area contributed by atoms with Crippen molar-refractivity contribution in [2.24, 2.45) is 0 Å². The van der Waals surface area contributed by atoms with Crippen LogP contribution in [-0.2, 0) is 19.5 Å². The fourth-order valence-corrected chi connectivity index (χ4v) is 5.75. The van der Waals surface area contributed by atoms with Gasteiger partial charge in [-0.25, -0.2) is 17.9 Å². The van der Waals surface area contributed by atoms with Crippen molar-refractivity contribution >= 4 is 16.1 Å². The molecule has 2 aliphatic rings. The van der Waals surface area contributed by atoms with Gasteiger partial charge in [0.1, 0.15) is 0 Å². The third-order valence-corrected chi connectivity index (χ3v) is 7.13. The lowest BCUT2D eigenvalue weighted by molar-refractivity contribution is -0.0102. The SMILES string of the molecule is COC(=O)N1C(CCO)CC(NS(C)(=O)=O)C1COC1CCC(c2ccccc2)CC1. The maximum Gasteiger partial charge on any atom is 0.410 e. The van der Waals surface area contributed by atoms with Crippen LogP contribution in [0.5, 0.6) is 0 Å². The molecular weight excluding hydrogens is 420 g/mol. The molecule has 1 aromatic carbocycles. The van der Waals surface area contributed by atoms with Crippen LogP contribution in [-0.4, -0.2) is 75.3 Å². The molecule has 2 fully saturated rings. The molecule has 0 radical (unpaired) electrons. The van der Waals surface area contributed by atoms with E-state index in [9.17, 15) is 18.3 Å². The van der Waals surface area contributed by atoms with Gasteiger partial charge >= 0.3 is 6.09 Å². The number of aliphatic hydroxyl groups is 1. The highest BCUT2D eigenvalue weighted by Crippen LogP contribution is 2.35. The van der Waals surface area contributed by atoms with Crippen LogP contribution in [0.3, 0.4) is 0 Å². The minimum atomic E-state index is -3.46. The van der Waals surface area contributed by atoms with Gasteiger partial charge in [-0.15, -0.1) is 0 Å². The van der Waals surface area contributed by atoms with E-state index in [0.29, 0.717) is 18.8 Å². The van der Waals surface area contributed by atoms with Gasteiger partial charge in [0.2, 0.25) is 10.0 Å². The first-order valence-electron chi connectivity index (χ1n) is 10.9. The van der Waals surface area contributed by atoms with E-state index in [1.54, 1.807) is 0 Å². The monoisotopic (exact) mass is 454 g/mol. The van der Waals surface area contributed by atoms with E-state index < -0.39 is 28.2 Å². The highest BCUT2D eigenvalue weighted by atomic mass is 32.2. The summed E-state index contributed by atoms with van der Waals surface area (Å²) >= 11 is 0. The number of nitrogens with zero attached hydrogens (tertiary/aromatic N) is 1. The van der Waals surface area contributed by atoms with E-state index in [1.807, 2.05) is 6.07 Å². The van der Waals surface area contributed by atoms with Gasteiger partial charge in [0.05, 0.1) is 32.1 Å². The van der Waals surface area contributed by atoms with Crippen molar-refractivity contribution in [2.75, 3.05) is 26.6 Å². The van der Waals surface area contributed by atoms with E-state index in [0.717, 1.165) is 31.9 Å². The van der Waals surface area contributed by atoms with Crippen molar-refractivity contribution in [1.82, 2.24) is 9.62 Å². The van der Waals surface area contributed by atoms with Gasteiger partial charge in [-0.3, -0.25) is 4.90 Å². The summed E-state index contributed by atoms with van der Waals surface area (Å²) in [5.74, 6) is 0.535. The summed E-state index contributed by atoms with van der Waals surface area (Å²) < 4.78 is 37.6. The van der Waals surface area contributed by atoms with Gasteiger partial charge in [-0.2, -0.15) is 0 Å². The van der Waals surface area contributed by atoms with Gasteiger partial charge in [-0.05, 0) is 50.0 Å². The molecule has 1 aromatic rings. The summed E-state index contributed by atoms with van der Waals surface area (Å²) in [4.78, 5) is 14.0. The maximum absolute atomic E-state index is 12.5. The Balaban J connectivity index is 1.64. The van der Waals surface area contributed by atoms with Gasteiger partial charge in [0.25, 0.3) is 0 Å². The molecular formula is C22H34N2O6S. The number of ether oxygens (including phenoxy) is 2. The predicted molar refractivity (Wildman–Crippen MR) is 117 cm³/mol. The summed E-state index contributed by atoms with van der Waals surface area (Å²) in [7, 11) is -2.16. The predicted octanol–water partition coefficient (Wildman–Crippen LogP) is 2.24. The Morgan fingerprint density at radius 3 is 2.45 bits per heavy atom. The van der Waals surface area contributed by atoms with Crippen LogP contribution in [0.15, 0.2) is 30.3 Å². The molecule has 0 spiro atoms. The number of aliphatic hydroxyl groups excluding tert-OH is 1. The first kappa shape index (κ1) is 24.0. The first-order valence-corrected chi connectivity index (χ1v) is 12.8. The van der Waals surface area contributed by atoms with Gasteiger partial charge in [0.15, 0.2) is 0 Å². The second-order valence-electron chi connectivity index (χ2n) is 8.56. The number of benzene rings is 1. The number of nitrogens with one attached hydrogen (secondary N) is 1. The molecule has 2 N–H and O–H groups in total. The van der Waals surface area contributed by atoms with E-state index in [1.165, 1.54) is 17.6 Å². The van der Waals surface area contributed by atoms with E-state index in [4.69, 9.17) is 9.47 Å². The lowest BCUT2D eigenvalue weighted by Crippen LogP contribution is -2.50. The molecule has 8 nitrogen and oxygen atoms in total. The molecule has 3 atom stereocenters. The second-order valence-corrected chi connectivity index (χ2v) is 10.3. The average molecular weight is 455 g/mol. The zero-order valence-electron chi connectivity index (χ0n) is 18.3. The summed E-state index contributed by atoms with van der Waals surface area (Å²) in [6.07, 6.45) is 5.36. The zero-order chi connectivity index (χ0) is 22.4. The number of hydrogen-bond donors (Lipinski definition) is 2. The molecule has 1 saturated carbocycles. The van der Waals surface area contributed by atoms with Crippen molar-refractivity contribution in [3.63, 3.8) is 0 Å². The standard InChI is InChI=1S/C22H34N2O6S/c1-29-22(26)24-18(12-13-25)14-20(23-31(2,27)28)21(24)15-30-19-10-8-17(9-11-19)16-6-4-3-5-7-16/h3-7,17-21,23,25H,8-15H2,1-2H3. The Kier molecular flexibility index (Phi) is 8.32. The Labute approximate surface area is 185 Å². The third-order valence-electron chi connectivity index (χ3n) is 6.40. The lowest BCUT2D eigenvalue weighted by atomic mass is 9.83. The summed E-state index contributed by atoms with van der Waals surface area (Å²) in [5.41, 5.74) is 1.36. The average Bonchev–Trinajstić information content (AvgIpc) is 3.08. The van der Waals surface area contributed by atoms with E-state index in [2.05, 4.69) is 29.0 Å². The number of likely N-dealkylation sites (tertiary alicyclic amines) is 1. The number of rotatable bonds is 8. The maximum atomic E-state index is 12.5. The molecule has 1 heterocycles. The number of amides is 1. The number of carbonyl (C=O) groups is 1. The van der Waals surface area contributed by atoms with Crippen molar-refractivity contribution in [3.05, 3.63) is 35.9 Å². The molecule has 0 aromatic heterocycles. The van der Waals surface area contributed by atoms with E-state index >= 15 is 0 Å². The van der Waals surface area contributed by atoms with Crippen LogP contribution in [0.25, 0.3) is 0 Å². The minimum absolute atomic E-state index is 0.0789. The normalized spacial score (nSPS) is 29.1. The molecule has 1 saturated heterocycles. The summed E-state index contributed by atoms with van der Waals surface area (Å²) in [5, 5.41) is 9.41. The van der Waals surface area contributed by atoms with Crippen molar-refractivity contribution in [1.29, 1.82) is 0 Å². The van der Waals surface area contributed by atoms with Crippen molar-refractivity contribution in [2.45, 2.75) is 68.7 Å². The van der Waals surface area contributed by atoms with Crippen LogP contribution < -0.4 is 4.72 Å². The van der Waals surface area contributed by atoms with E-state index in [-0.39, 0.29) is 25.4 Å². The highest BCUT2D eigenvalue weighted by Gasteiger charge is 2.45. The highest BCUT2D eigenvalue weighted by molar-refractivity contribution is 7.88. The Morgan fingerprint density at radius 2 is 1.87 bits per heavy atom. The summed E-state index contributed by atoms with van der Waals surface area (Å²) in [6.45, 7) is 0.131. The first-order chi connectivity index (χ1) is 14.8. The zero-order valence-corrected chi connectivity index (χ0v) is 19.1. The molecule has 0 bridgehead atoms. The Hall–Kier alpha value is -1.68. The topological polar surface area (TPSA) is 105 Å². The molecule has 9 heteroatoms. The molecule has 31 heavy (non-hydrogen) atoms. The third kappa shape index (κ3) is 6.41. The van der Waals surface area contributed by atoms with Gasteiger partial charge < -0.3 is 14.6 Å². The molecule has 1 aliphatic heterocycles. The van der Waals surface area contributed by atoms with Crippen LogP contribution in [0.2, 0.25) is 0 Å². The van der Waals surface area contributed by atoms with Crippen LogP contribution in [0, 0.1) is 0 Å². The van der Waals surface area contributed by atoms with Gasteiger partial charge in [0, 0.05) is 18.7 Å². The Bertz CT molecular complexity index is 811. The van der Waals surface area contributed by atoms with Crippen LogP contribution in [0.4, 0.5) is 4.79 Å². The fraction of sp³-hybridized carbons (Fsp3) is 0.682. The fourth-order valence-electron chi connectivity index (χ4n) is 4.95. The molecule has 1 amide bonds. The van der Waals surface area contributed by atoms with Crippen molar-refractivity contribution < 1.29 is 27.8 Å². The smallest absolute Gasteiger partial charge is 0.410 e. The number of sulfonamides is 1. The second kappa shape index (κ2) is 10.8. The minimum Gasteiger partial charge on any atom is -0.453 e. The largest absolute Gasteiger partial charge is 0.453 e. The molecule has 3 rings (SSSR count). The lowest BCUT2D eigenvalue weighted by Gasteiger charge is -2.33. The van der Waals surface area contributed by atoms with Crippen molar-refractivity contribution in [3.8, 4) is 0 Å².